The summed E-state index contributed by atoms with van der Waals surface area (Å²) in [6.07, 6.45) is 7.88. The molecule has 2 aliphatic heterocycles. The Hall–Kier alpha value is -0.910. The second-order valence-electron chi connectivity index (χ2n) is 16.6. The highest BCUT2D eigenvalue weighted by molar-refractivity contribution is 5.95. The average Bonchev–Trinajstić information content (AvgIpc) is 3.50. The molecular weight excluding hydrogens is 574 g/mol. The van der Waals surface area contributed by atoms with E-state index in [0.717, 1.165) is 63.4 Å². The van der Waals surface area contributed by atoms with Gasteiger partial charge in [-0.1, -0.05) is 20.3 Å². The molecule has 5 aliphatic carbocycles. The summed E-state index contributed by atoms with van der Waals surface area (Å²) < 4.78 is 17.7. The van der Waals surface area contributed by atoms with Crippen molar-refractivity contribution in [2.45, 2.75) is 133 Å². The maximum Gasteiger partial charge on any atom is 0.159 e. The summed E-state index contributed by atoms with van der Waals surface area (Å²) in [5.74, 6) is 0.227. The highest BCUT2D eigenvalue weighted by Gasteiger charge is 2.73. The van der Waals surface area contributed by atoms with Gasteiger partial charge in [-0.05, 0) is 124 Å². The zero-order valence-electron chi connectivity index (χ0n) is 27.7. The van der Waals surface area contributed by atoms with Crippen LogP contribution in [-0.4, -0.2) is 94.9 Å². The lowest BCUT2D eigenvalue weighted by Crippen LogP contribution is -2.67. The molecule has 0 aromatic rings. The molecule has 1 spiro atoms. The molecule has 0 amide bonds. The zero-order chi connectivity index (χ0) is 31.9. The van der Waals surface area contributed by atoms with Crippen molar-refractivity contribution in [3.8, 4) is 0 Å². The predicted octanol–water partition coefficient (Wildman–Crippen LogP) is 3.11. The third kappa shape index (κ3) is 4.72. The average molecular weight is 632 g/mol. The number of piperidine rings is 1. The molecule has 0 aromatic heterocycles. The Labute approximate surface area is 268 Å². The fourth-order valence-corrected chi connectivity index (χ4v) is 12.5. The van der Waals surface area contributed by atoms with Gasteiger partial charge >= 0.3 is 0 Å². The Morgan fingerprint density at radius 3 is 2.73 bits per heavy atom. The number of methoxy groups -OCH3 is 1. The van der Waals surface area contributed by atoms with Crippen molar-refractivity contribution in [3.63, 3.8) is 0 Å². The number of hydrogen-bond donors (Lipinski definition) is 5. The van der Waals surface area contributed by atoms with Gasteiger partial charge in [0.05, 0.1) is 23.4 Å². The molecule has 2 saturated heterocycles. The molecule has 6 fully saturated rings. The first-order chi connectivity index (χ1) is 21.4. The van der Waals surface area contributed by atoms with Crippen LogP contribution < -0.4 is 5.32 Å². The van der Waals surface area contributed by atoms with E-state index < -0.39 is 41.2 Å². The standard InChI is InChI=1S/C36H57NO8/c1-20-23-10-14-37-32(40)30(23)45-29(20)31(39)34(3,41)27-9-13-36(42)25-18-26(38)24-17-22(44-16-6-15-43-4)8-12-33(24,2)28(25)21-7-5-11-35(27,36)19-21/h18,20-24,27-32,37,39-42H,5-17,19H2,1-4H3. The molecule has 45 heavy (non-hydrogen) atoms. The first kappa shape index (κ1) is 32.6. The lowest BCUT2D eigenvalue weighted by molar-refractivity contribution is -0.218. The molecule has 0 radical (unpaired) electrons. The van der Waals surface area contributed by atoms with Gasteiger partial charge < -0.3 is 34.6 Å². The van der Waals surface area contributed by atoms with Gasteiger partial charge in [0.1, 0.15) is 18.4 Å². The Morgan fingerprint density at radius 1 is 1.18 bits per heavy atom. The normalized spacial score (nSPS) is 50.9. The molecule has 2 heterocycles. The van der Waals surface area contributed by atoms with Gasteiger partial charge in [-0.2, -0.15) is 0 Å². The molecule has 15 unspecified atom stereocenters. The van der Waals surface area contributed by atoms with E-state index in [4.69, 9.17) is 14.2 Å². The van der Waals surface area contributed by atoms with Crippen molar-refractivity contribution in [1.82, 2.24) is 5.32 Å². The van der Waals surface area contributed by atoms with Crippen LogP contribution in [0, 0.1) is 46.3 Å². The van der Waals surface area contributed by atoms with Crippen molar-refractivity contribution < 1.29 is 39.4 Å². The highest BCUT2D eigenvalue weighted by atomic mass is 16.5. The van der Waals surface area contributed by atoms with Gasteiger partial charge in [-0.25, -0.2) is 0 Å². The number of carbonyl (C=O) groups is 1. The summed E-state index contributed by atoms with van der Waals surface area (Å²) in [5, 5.41) is 51.0. The molecule has 254 valence electrons. The predicted molar refractivity (Wildman–Crippen MR) is 167 cm³/mol. The summed E-state index contributed by atoms with van der Waals surface area (Å²) in [7, 11) is 1.70. The minimum absolute atomic E-state index is 0.0181. The molecule has 5 N–H and O–H groups in total. The summed E-state index contributed by atoms with van der Waals surface area (Å²) >= 11 is 0. The minimum atomic E-state index is -1.51. The fourth-order valence-electron chi connectivity index (χ4n) is 12.5. The van der Waals surface area contributed by atoms with Crippen LogP contribution in [0.2, 0.25) is 0 Å². The molecule has 2 bridgehead atoms. The van der Waals surface area contributed by atoms with Crippen molar-refractivity contribution in [1.29, 1.82) is 0 Å². The number of carbonyl (C=O) groups excluding carboxylic acids is 1. The maximum absolute atomic E-state index is 14.0. The van der Waals surface area contributed by atoms with E-state index >= 15 is 0 Å². The molecule has 9 heteroatoms. The number of rotatable bonds is 8. The van der Waals surface area contributed by atoms with E-state index in [0.29, 0.717) is 38.5 Å². The number of nitrogens with one attached hydrogen (secondary N) is 1. The molecule has 15 atom stereocenters. The number of ether oxygens (including phenoxy) is 3. The Balaban J connectivity index is 1.17. The first-order valence-electron chi connectivity index (χ1n) is 18.0. The van der Waals surface area contributed by atoms with Gasteiger partial charge in [0.2, 0.25) is 0 Å². The van der Waals surface area contributed by atoms with E-state index in [9.17, 15) is 25.2 Å². The quantitative estimate of drug-likeness (QED) is 0.256. The molecule has 7 rings (SSSR count). The molecule has 4 saturated carbocycles. The minimum Gasteiger partial charge on any atom is -0.387 e. The van der Waals surface area contributed by atoms with Crippen molar-refractivity contribution in [2.24, 2.45) is 46.3 Å². The number of aliphatic hydroxyl groups excluding tert-OH is 2. The monoisotopic (exact) mass is 631 g/mol. The van der Waals surface area contributed by atoms with Crippen LogP contribution >= 0.6 is 0 Å². The highest BCUT2D eigenvalue weighted by Crippen LogP contribution is 2.73. The second kappa shape index (κ2) is 11.6. The Bertz CT molecular complexity index is 1180. The van der Waals surface area contributed by atoms with Crippen molar-refractivity contribution in [2.75, 3.05) is 26.9 Å². The van der Waals surface area contributed by atoms with Crippen LogP contribution in [0.25, 0.3) is 0 Å². The first-order valence-corrected chi connectivity index (χ1v) is 18.0. The smallest absolute Gasteiger partial charge is 0.159 e. The van der Waals surface area contributed by atoms with Crippen LogP contribution in [0.4, 0.5) is 0 Å². The van der Waals surface area contributed by atoms with E-state index in [1.165, 1.54) is 0 Å². The van der Waals surface area contributed by atoms with E-state index in [-0.39, 0.29) is 46.9 Å². The number of allylic oxidation sites excluding steroid dienone is 1. The van der Waals surface area contributed by atoms with E-state index in [1.54, 1.807) is 14.0 Å². The maximum atomic E-state index is 14.0. The number of ketones is 1. The van der Waals surface area contributed by atoms with Gasteiger partial charge in [0.15, 0.2) is 5.78 Å². The van der Waals surface area contributed by atoms with Crippen LogP contribution in [-0.2, 0) is 19.0 Å². The SMILES string of the molecule is COCCCOC1CCC2(C)C(C1)C(=O)C=C1C2C2CCCC3(C2)C(C(C)(O)C(O)C2OC4C(O)NCCC4C2C)CCC13O. The Morgan fingerprint density at radius 2 is 1.98 bits per heavy atom. The Kier molecular flexibility index (Phi) is 8.42. The van der Waals surface area contributed by atoms with Crippen LogP contribution in [0.15, 0.2) is 11.6 Å². The summed E-state index contributed by atoms with van der Waals surface area (Å²) in [6, 6.07) is 0. The second-order valence-corrected chi connectivity index (χ2v) is 16.6. The topological polar surface area (TPSA) is 138 Å². The molecule has 7 aliphatic rings. The van der Waals surface area contributed by atoms with Gasteiger partial charge in [-0.15, -0.1) is 0 Å². The van der Waals surface area contributed by atoms with Crippen LogP contribution in [0.1, 0.15) is 91.4 Å². The number of aliphatic hydroxyl groups is 4. The number of fused-ring (bicyclic) bond motifs is 7. The van der Waals surface area contributed by atoms with Gasteiger partial charge in [0, 0.05) is 31.7 Å². The zero-order valence-corrected chi connectivity index (χ0v) is 27.7. The molecule has 0 aromatic carbocycles. The molecular formula is C36H57NO8. The number of hydrogen-bond acceptors (Lipinski definition) is 9. The van der Waals surface area contributed by atoms with Crippen LogP contribution in [0.3, 0.4) is 0 Å². The molecule has 9 nitrogen and oxygen atoms in total. The third-order valence-corrected chi connectivity index (χ3v) is 14.6. The third-order valence-electron chi connectivity index (χ3n) is 14.6. The lowest BCUT2D eigenvalue weighted by atomic mass is 9.40. The van der Waals surface area contributed by atoms with E-state index in [1.807, 2.05) is 6.08 Å². The van der Waals surface area contributed by atoms with Crippen LogP contribution in [0.5, 0.6) is 0 Å². The summed E-state index contributed by atoms with van der Waals surface area (Å²) in [4.78, 5) is 14.0. The summed E-state index contributed by atoms with van der Waals surface area (Å²) in [6.45, 7) is 8.12. The van der Waals surface area contributed by atoms with E-state index in [2.05, 4.69) is 19.2 Å². The van der Waals surface area contributed by atoms with Gasteiger partial charge in [-0.3, -0.25) is 10.1 Å². The lowest BCUT2D eigenvalue weighted by Gasteiger charge is -2.65. The van der Waals surface area contributed by atoms with Gasteiger partial charge in [0.25, 0.3) is 0 Å². The fraction of sp³-hybridized carbons (Fsp3) is 0.917. The summed E-state index contributed by atoms with van der Waals surface area (Å²) in [5.41, 5.74) is -2.61. The van der Waals surface area contributed by atoms with Crippen molar-refractivity contribution in [3.05, 3.63) is 11.6 Å². The van der Waals surface area contributed by atoms with Crippen molar-refractivity contribution >= 4 is 5.78 Å². The largest absolute Gasteiger partial charge is 0.387 e.